The molecule has 1 heterocycles. The van der Waals surface area contributed by atoms with E-state index in [9.17, 15) is 0 Å². The smallest absolute Gasteiger partial charge is 0.221 e. The van der Waals surface area contributed by atoms with Gasteiger partial charge in [0.15, 0.2) is 0 Å². The Hall–Kier alpha value is -0.950. The molecule has 0 fully saturated rings. The molecule has 0 aromatic heterocycles. The van der Waals surface area contributed by atoms with E-state index in [1.807, 2.05) is 6.07 Å². The number of hydrogen-bond acceptors (Lipinski definition) is 4. The molecule has 48 valence electrons. The number of halogens is 1. The third-order valence-electron chi connectivity index (χ3n) is 1.05. The zero-order valence-corrected chi connectivity index (χ0v) is 5.58. The van der Waals surface area contributed by atoms with Gasteiger partial charge in [-0.1, -0.05) is 0 Å². The predicted octanol–water partition coefficient (Wildman–Crippen LogP) is 0.181. The molecule has 0 aliphatic carbocycles. The zero-order valence-electron chi connectivity index (χ0n) is 4.82. The average Bonchev–Trinajstić information content (AvgIpc) is 2.12. The van der Waals surface area contributed by atoms with Gasteiger partial charge in [-0.25, -0.2) is 4.42 Å². The molecule has 0 radical (unpaired) electrons. The van der Waals surface area contributed by atoms with E-state index in [1.54, 1.807) is 7.05 Å². The van der Waals surface area contributed by atoms with Crippen LogP contribution in [0.2, 0.25) is 0 Å². The SMILES string of the molecule is CN1N=CN(Cl)C1C#N. The van der Waals surface area contributed by atoms with Crippen molar-refractivity contribution in [3.05, 3.63) is 0 Å². The summed E-state index contributed by atoms with van der Waals surface area (Å²) in [4.78, 5) is 0. The van der Waals surface area contributed by atoms with Gasteiger partial charge in [0.25, 0.3) is 0 Å². The third-order valence-corrected chi connectivity index (χ3v) is 1.32. The van der Waals surface area contributed by atoms with Gasteiger partial charge in [-0.05, 0) is 0 Å². The van der Waals surface area contributed by atoms with Gasteiger partial charge < -0.3 is 0 Å². The summed E-state index contributed by atoms with van der Waals surface area (Å²) in [6.07, 6.45) is 0.946. The largest absolute Gasteiger partial charge is 0.262 e. The average molecular weight is 145 g/mol. The van der Waals surface area contributed by atoms with Gasteiger partial charge >= 0.3 is 0 Å². The number of hydrazone groups is 1. The Balaban J connectivity index is 2.66. The van der Waals surface area contributed by atoms with Crippen molar-refractivity contribution < 1.29 is 0 Å². The van der Waals surface area contributed by atoms with Crippen molar-refractivity contribution in [2.75, 3.05) is 7.05 Å². The summed E-state index contributed by atoms with van der Waals surface area (Å²) in [5.74, 6) is 0. The van der Waals surface area contributed by atoms with Crippen LogP contribution in [0.15, 0.2) is 5.10 Å². The summed E-state index contributed by atoms with van der Waals surface area (Å²) >= 11 is 5.49. The van der Waals surface area contributed by atoms with Crippen LogP contribution < -0.4 is 0 Å². The van der Waals surface area contributed by atoms with Crippen LogP contribution in [-0.4, -0.2) is 29.0 Å². The first-order valence-electron chi connectivity index (χ1n) is 2.36. The lowest BCUT2D eigenvalue weighted by Crippen LogP contribution is -2.30. The molecule has 0 aromatic carbocycles. The Kier molecular flexibility index (Phi) is 1.45. The van der Waals surface area contributed by atoms with Gasteiger partial charge in [0.2, 0.25) is 6.17 Å². The van der Waals surface area contributed by atoms with Crippen molar-refractivity contribution in [3.63, 3.8) is 0 Å². The summed E-state index contributed by atoms with van der Waals surface area (Å²) in [6.45, 7) is 0. The van der Waals surface area contributed by atoms with Crippen molar-refractivity contribution in [2.24, 2.45) is 5.10 Å². The third kappa shape index (κ3) is 0.911. The van der Waals surface area contributed by atoms with Crippen molar-refractivity contribution in [3.8, 4) is 6.07 Å². The molecule has 0 spiro atoms. The standard InChI is InChI=1S/C4H5ClN4/c1-8-4(2-6)9(5)3-7-8/h3-4H,1H3. The highest BCUT2D eigenvalue weighted by Crippen LogP contribution is 2.10. The second-order valence-corrected chi connectivity index (χ2v) is 2.04. The van der Waals surface area contributed by atoms with Crippen molar-refractivity contribution in [2.45, 2.75) is 6.17 Å². The van der Waals surface area contributed by atoms with Crippen molar-refractivity contribution >= 4 is 18.1 Å². The molecule has 0 N–H and O–H groups in total. The topological polar surface area (TPSA) is 42.6 Å². The molecule has 0 saturated carbocycles. The fourth-order valence-corrected chi connectivity index (χ4v) is 0.764. The minimum atomic E-state index is -0.452. The minimum absolute atomic E-state index is 0.452. The first kappa shape index (κ1) is 6.17. The lowest BCUT2D eigenvalue weighted by Gasteiger charge is -2.14. The van der Waals surface area contributed by atoms with Crippen LogP contribution in [0.25, 0.3) is 0 Å². The highest BCUT2D eigenvalue weighted by Gasteiger charge is 2.22. The lowest BCUT2D eigenvalue weighted by molar-refractivity contribution is 0.272. The normalized spacial score (nSPS) is 24.8. The van der Waals surface area contributed by atoms with Gasteiger partial charge in [0.05, 0.1) is 0 Å². The summed E-state index contributed by atoms with van der Waals surface area (Å²) in [6, 6.07) is 1.96. The van der Waals surface area contributed by atoms with Crippen LogP contribution >= 0.6 is 11.8 Å². The molecule has 0 bridgehead atoms. The quantitative estimate of drug-likeness (QED) is 0.456. The molecule has 1 rings (SSSR count). The van der Waals surface area contributed by atoms with E-state index in [-0.39, 0.29) is 0 Å². The van der Waals surface area contributed by atoms with E-state index in [2.05, 4.69) is 5.10 Å². The molecule has 0 saturated heterocycles. The highest BCUT2D eigenvalue weighted by atomic mass is 35.5. The molecule has 0 amide bonds. The highest BCUT2D eigenvalue weighted by molar-refractivity contribution is 6.19. The van der Waals surface area contributed by atoms with Gasteiger partial charge in [-0.15, -0.1) is 0 Å². The molecule has 1 aliphatic heterocycles. The van der Waals surface area contributed by atoms with E-state index < -0.39 is 6.17 Å². The molecule has 1 unspecified atom stereocenters. The van der Waals surface area contributed by atoms with Gasteiger partial charge in [0.1, 0.15) is 12.4 Å². The Morgan fingerprint density at radius 3 is 2.78 bits per heavy atom. The molecule has 0 aromatic rings. The Labute approximate surface area is 58.0 Å². The molecule has 5 heteroatoms. The maximum Gasteiger partial charge on any atom is 0.221 e. The summed E-state index contributed by atoms with van der Waals surface area (Å²) < 4.78 is 1.22. The van der Waals surface area contributed by atoms with Crippen molar-refractivity contribution in [1.82, 2.24) is 9.43 Å². The van der Waals surface area contributed by atoms with E-state index in [1.165, 1.54) is 15.8 Å². The van der Waals surface area contributed by atoms with E-state index >= 15 is 0 Å². The van der Waals surface area contributed by atoms with Gasteiger partial charge in [0, 0.05) is 18.8 Å². The molecule has 1 atom stereocenters. The number of nitrogens with zero attached hydrogens (tertiary/aromatic N) is 4. The molecule has 4 nitrogen and oxygen atoms in total. The van der Waals surface area contributed by atoms with E-state index in [4.69, 9.17) is 17.0 Å². The number of hydrogen-bond donors (Lipinski definition) is 0. The molecule has 1 aliphatic rings. The molecular weight excluding hydrogens is 140 g/mol. The van der Waals surface area contributed by atoms with Crippen LogP contribution in [0.4, 0.5) is 0 Å². The lowest BCUT2D eigenvalue weighted by atomic mass is 10.5. The Bertz CT molecular complexity index is 160. The van der Waals surface area contributed by atoms with Crippen LogP contribution in [0, 0.1) is 11.3 Å². The summed E-state index contributed by atoms with van der Waals surface area (Å²) in [7, 11) is 1.69. The second-order valence-electron chi connectivity index (χ2n) is 1.65. The van der Waals surface area contributed by atoms with Crippen molar-refractivity contribution in [1.29, 1.82) is 5.26 Å². The van der Waals surface area contributed by atoms with Crippen LogP contribution in [0.5, 0.6) is 0 Å². The van der Waals surface area contributed by atoms with Crippen LogP contribution in [0.1, 0.15) is 0 Å². The van der Waals surface area contributed by atoms with E-state index in [0.717, 1.165) is 0 Å². The Morgan fingerprint density at radius 2 is 2.56 bits per heavy atom. The Morgan fingerprint density at radius 1 is 1.89 bits per heavy atom. The molecular formula is C4H5ClN4. The minimum Gasteiger partial charge on any atom is -0.262 e. The molecule has 9 heavy (non-hydrogen) atoms. The first-order valence-corrected chi connectivity index (χ1v) is 2.70. The first-order chi connectivity index (χ1) is 4.25. The van der Waals surface area contributed by atoms with Crippen LogP contribution in [-0.2, 0) is 0 Å². The second kappa shape index (κ2) is 2.11. The zero-order chi connectivity index (χ0) is 6.85. The fraction of sp³-hybridized carbons (Fsp3) is 0.500. The summed E-state index contributed by atoms with van der Waals surface area (Å²) in [5.41, 5.74) is 0. The number of rotatable bonds is 0. The predicted molar refractivity (Wildman–Crippen MR) is 33.3 cm³/mol. The maximum atomic E-state index is 8.41. The maximum absolute atomic E-state index is 8.41. The monoisotopic (exact) mass is 144 g/mol. The van der Waals surface area contributed by atoms with E-state index in [0.29, 0.717) is 0 Å². The summed E-state index contributed by atoms with van der Waals surface area (Å²) in [5, 5.41) is 13.6. The van der Waals surface area contributed by atoms with Crippen LogP contribution in [0.3, 0.4) is 0 Å². The van der Waals surface area contributed by atoms with Gasteiger partial charge in [-0.2, -0.15) is 10.4 Å². The fourth-order valence-electron chi connectivity index (χ4n) is 0.555. The van der Waals surface area contributed by atoms with Gasteiger partial charge in [-0.3, -0.25) is 5.01 Å². The number of nitriles is 1.